The fourth-order valence-electron chi connectivity index (χ4n) is 7.91. The van der Waals surface area contributed by atoms with Crippen molar-refractivity contribution in [1.29, 1.82) is 0 Å². The minimum absolute atomic E-state index is 0.0235. The summed E-state index contributed by atoms with van der Waals surface area (Å²) in [5.74, 6) is -2.56. The predicted octanol–water partition coefficient (Wildman–Crippen LogP) is 3.05. The number of carbonyl (C=O) groups excluding carboxylic acids is 4. The summed E-state index contributed by atoms with van der Waals surface area (Å²) < 4.78 is 1.49. The first-order chi connectivity index (χ1) is 26.7. The zero-order chi connectivity index (χ0) is 40.1. The van der Waals surface area contributed by atoms with E-state index >= 15 is 0 Å². The zero-order valence-corrected chi connectivity index (χ0v) is 31.4. The molecule has 1 saturated heterocycles. The molecule has 2 fully saturated rings. The first-order valence-corrected chi connectivity index (χ1v) is 18.9. The van der Waals surface area contributed by atoms with Crippen molar-refractivity contribution in [3.8, 4) is 0 Å². The molecule has 0 radical (unpaired) electrons. The molecule has 0 spiro atoms. The number of aromatic nitrogens is 3. The highest BCUT2D eigenvalue weighted by Crippen LogP contribution is 2.34. The molecule has 1 saturated carbocycles. The lowest BCUT2D eigenvalue weighted by molar-refractivity contribution is -0.384. The number of nitrogens with two attached hydrogens (primary N) is 1. The molecule has 2 heterocycles. The van der Waals surface area contributed by atoms with Crippen molar-refractivity contribution >= 4 is 40.1 Å². The molecule has 4 amide bonds. The van der Waals surface area contributed by atoms with Gasteiger partial charge in [0.25, 0.3) is 11.6 Å². The normalized spacial score (nSPS) is 19.2. The molecular formula is C40H48N8O8. The monoisotopic (exact) mass is 768 g/mol. The van der Waals surface area contributed by atoms with E-state index in [1.54, 1.807) is 26.0 Å². The summed E-state index contributed by atoms with van der Waals surface area (Å²) in [5.41, 5.74) is 5.17. The molecule has 6 rings (SSSR count). The number of aliphatic hydroxyl groups excluding tert-OH is 1. The molecule has 4 aromatic rings. The number of hydrogen-bond acceptors (Lipinski definition) is 10. The van der Waals surface area contributed by atoms with Crippen LogP contribution in [0.25, 0.3) is 10.8 Å². The summed E-state index contributed by atoms with van der Waals surface area (Å²) >= 11 is 0. The van der Waals surface area contributed by atoms with Gasteiger partial charge in [-0.25, -0.2) is 4.68 Å². The largest absolute Gasteiger partial charge is 0.384 e. The van der Waals surface area contributed by atoms with Crippen LogP contribution in [0.3, 0.4) is 0 Å². The first-order valence-electron chi connectivity index (χ1n) is 18.9. The van der Waals surface area contributed by atoms with E-state index in [9.17, 15) is 39.5 Å². The Morgan fingerprint density at radius 1 is 1.00 bits per heavy atom. The average Bonchev–Trinajstić information content (AvgIpc) is 3.86. The number of carbonyl (C=O) groups is 4. The van der Waals surface area contributed by atoms with Crippen LogP contribution in [0.4, 0.5) is 5.69 Å². The van der Waals surface area contributed by atoms with Crippen LogP contribution in [-0.2, 0) is 26.4 Å². The number of fused-ring (bicyclic) bond motifs is 1. The summed E-state index contributed by atoms with van der Waals surface area (Å²) in [6.07, 6.45) is 4.73. The topological polar surface area (TPSA) is 236 Å². The van der Waals surface area contributed by atoms with Crippen LogP contribution in [0.1, 0.15) is 86.5 Å². The van der Waals surface area contributed by atoms with Crippen LogP contribution in [0, 0.1) is 16.0 Å². The Morgan fingerprint density at radius 2 is 1.70 bits per heavy atom. The van der Waals surface area contributed by atoms with Crippen LogP contribution in [-0.4, -0.2) is 89.4 Å². The minimum Gasteiger partial charge on any atom is -0.384 e. The molecule has 2 aliphatic rings. The molecule has 5 atom stereocenters. The predicted molar refractivity (Wildman–Crippen MR) is 205 cm³/mol. The second-order valence-corrected chi connectivity index (χ2v) is 15.4. The number of aliphatic hydroxyl groups is 2. The van der Waals surface area contributed by atoms with E-state index < -0.39 is 64.4 Å². The molecule has 56 heavy (non-hydrogen) atoms. The lowest BCUT2D eigenvalue weighted by atomic mass is 9.84. The second kappa shape index (κ2) is 17.0. The first kappa shape index (κ1) is 39.9. The average molecular weight is 769 g/mol. The van der Waals surface area contributed by atoms with Gasteiger partial charge in [-0.1, -0.05) is 79.8 Å². The molecule has 16 nitrogen and oxygen atoms in total. The van der Waals surface area contributed by atoms with Gasteiger partial charge in [0.05, 0.1) is 28.9 Å². The van der Waals surface area contributed by atoms with Crippen molar-refractivity contribution in [3.63, 3.8) is 0 Å². The number of nitrogens with one attached hydrogen (secondary N) is 2. The van der Waals surface area contributed by atoms with Crippen LogP contribution >= 0.6 is 0 Å². The summed E-state index contributed by atoms with van der Waals surface area (Å²) in [6.45, 7) is 3.11. The van der Waals surface area contributed by atoms with E-state index in [0.717, 1.165) is 42.9 Å². The van der Waals surface area contributed by atoms with E-state index in [4.69, 9.17) is 5.73 Å². The van der Waals surface area contributed by atoms with Crippen LogP contribution in [0.2, 0.25) is 0 Å². The molecule has 296 valence electrons. The Labute approximate surface area is 323 Å². The number of benzene rings is 3. The smallest absolute Gasteiger partial charge is 0.269 e. The van der Waals surface area contributed by atoms with Gasteiger partial charge in [0.15, 0.2) is 6.10 Å². The molecule has 3 unspecified atom stereocenters. The van der Waals surface area contributed by atoms with E-state index in [0.29, 0.717) is 23.2 Å². The fraction of sp³-hybridized carbons (Fsp3) is 0.450. The Balaban J connectivity index is 1.32. The van der Waals surface area contributed by atoms with E-state index in [-0.39, 0.29) is 31.0 Å². The Bertz CT molecular complexity index is 2070. The van der Waals surface area contributed by atoms with Crippen molar-refractivity contribution in [1.82, 2.24) is 30.5 Å². The Hall–Kier alpha value is -5.74. The molecule has 1 aliphatic heterocycles. The Morgan fingerprint density at radius 3 is 2.36 bits per heavy atom. The highest BCUT2D eigenvalue weighted by Gasteiger charge is 2.45. The SMILES string of the molecule is CC(C)(O)c1cnnn1[C@H]1C[C@@H](C(=O)NC(Cc2ccc([N+](=O)[O-])cc2)C(O)C(N)=O)N(C(=O)C(CC2CCCCC2)NC(=O)c2ccc3ccccc3c2)C1. The summed E-state index contributed by atoms with van der Waals surface area (Å²) in [5, 5.41) is 48.7. The maximum Gasteiger partial charge on any atom is 0.269 e. The number of likely N-dealkylation sites (tertiary alicyclic amines) is 1. The number of primary amides is 1. The zero-order valence-electron chi connectivity index (χ0n) is 31.4. The molecule has 1 aromatic heterocycles. The van der Waals surface area contributed by atoms with Gasteiger partial charge in [-0.15, -0.1) is 5.10 Å². The molecule has 3 aromatic carbocycles. The van der Waals surface area contributed by atoms with Gasteiger partial charge in [-0.2, -0.15) is 0 Å². The molecule has 1 aliphatic carbocycles. The number of nitrogens with zero attached hydrogens (tertiary/aromatic N) is 5. The van der Waals surface area contributed by atoms with Gasteiger partial charge in [-0.3, -0.25) is 29.3 Å². The number of nitro groups is 1. The minimum atomic E-state index is -1.84. The lowest BCUT2D eigenvalue weighted by Gasteiger charge is -2.32. The number of amides is 4. The van der Waals surface area contributed by atoms with Crippen molar-refractivity contribution in [2.45, 2.75) is 101 Å². The third-order valence-corrected chi connectivity index (χ3v) is 10.9. The van der Waals surface area contributed by atoms with Crippen molar-refractivity contribution in [2.24, 2.45) is 11.7 Å². The van der Waals surface area contributed by atoms with Gasteiger partial charge in [-0.05, 0) is 61.1 Å². The van der Waals surface area contributed by atoms with Gasteiger partial charge in [0.2, 0.25) is 17.7 Å². The van der Waals surface area contributed by atoms with Gasteiger partial charge in [0, 0.05) is 30.7 Å². The maximum atomic E-state index is 14.9. The van der Waals surface area contributed by atoms with Crippen LogP contribution < -0.4 is 16.4 Å². The van der Waals surface area contributed by atoms with E-state index in [2.05, 4.69) is 20.9 Å². The molecular weight excluding hydrogens is 720 g/mol. The highest BCUT2D eigenvalue weighted by molar-refractivity contribution is 6.01. The molecule has 16 heteroatoms. The third-order valence-electron chi connectivity index (χ3n) is 10.9. The number of hydrogen-bond donors (Lipinski definition) is 5. The van der Waals surface area contributed by atoms with Gasteiger partial charge < -0.3 is 31.5 Å². The number of nitro benzene ring substituents is 1. The second-order valence-electron chi connectivity index (χ2n) is 15.4. The Kier molecular flexibility index (Phi) is 12.1. The van der Waals surface area contributed by atoms with Gasteiger partial charge >= 0.3 is 0 Å². The highest BCUT2D eigenvalue weighted by atomic mass is 16.6. The molecule has 0 bridgehead atoms. The van der Waals surface area contributed by atoms with E-state index in [1.807, 2.05) is 30.3 Å². The van der Waals surface area contributed by atoms with Gasteiger partial charge in [0.1, 0.15) is 17.7 Å². The summed E-state index contributed by atoms with van der Waals surface area (Å²) in [4.78, 5) is 67.4. The standard InChI is InChI=1S/C40H48N8O8/c1-40(2,54)34-22-42-45-47(34)30-21-33(38(52)43-31(35(49)36(41)50)18-25-12-16-29(17-13-25)48(55)56)46(23-30)39(53)32(19-24-8-4-3-5-9-24)44-37(51)28-15-14-26-10-6-7-11-27(26)20-28/h6-7,10-17,20,22,24,30-33,35,49,54H,3-5,8-9,18-19,21,23H2,1-2H3,(H2,41,50)(H,43,52)(H,44,51)/t30-,31?,32?,33-,35?/m0/s1. The summed E-state index contributed by atoms with van der Waals surface area (Å²) in [7, 11) is 0. The van der Waals surface area contributed by atoms with E-state index in [1.165, 1.54) is 40.0 Å². The summed E-state index contributed by atoms with van der Waals surface area (Å²) in [6, 6.07) is 14.3. The lowest BCUT2D eigenvalue weighted by Crippen LogP contribution is -2.57. The maximum absolute atomic E-state index is 14.9. The van der Waals surface area contributed by atoms with Crippen LogP contribution in [0.5, 0.6) is 0 Å². The number of non-ortho nitro benzene ring substituents is 1. The third kappa shape index (κ3) is 9.20. The van der Waals surface area contributed by atoms with Crippen molar-refractivity contribution < 1.29 is 34.3 Å². The van der Waals surface area contributed by atoms with Crippen molar-refractivity contribution in [2.75, 3.05) is 6.54 Å². The quantitative estimate of drug-likeness (QED) is 0.0929. The van der Waals surface area contributed by atoms with Crippen LogP contribution in [0.15, 0.2) is 72.9 Å². The molecule has 6 N–H and O–H groups in total. The fourth-order valence-corrected chi connectivity index (χ4v) is 7.91. The van der Waals surface area contributed by atoms with Crippen molar-refractivity contribution in [3.05, 3.63) is 99.9 Å². The number of rotatable bonds is 14.